The van der Waals surface area contributed by atoms with Gasteiger partial charge >= 0.3 is 0 Å². The number of thiol groups is 2. The monoisotopic (exact) mass is 218 g/mol. The fraction of sp³-hybridized carbons (Fsp3) is 0.556. The van der Waals surface area contributed by atoms with E-state index in [2.05, 4.69) is 25.3 Å². The summed E-state index contributed by atoms with van der Waals surface area (Å²) >= 11 is 7.46. The molecule has 0 aliphatic carbocycles. The first-order valence-corrected chi connectivity index (χ1v) is 5.00. The highest BCUT2D eigenvalue weighted by Gasteiger charge is 2.17. The van der Waals surface area contributed by atoms with Crippen LogP contribution in [0, 0.1) is 5.92 Å². The predicted molar refractivity (Wildman–Crippen MR) is 60.1 cm³/mol. The van der Waals surface area contributed by atoms with Crippen LogP contribution in [0.25, 0.3) is 0 Å². The van der Waals surface area contributed by atoms with Crippen LogP contribution in [0.4, 0.5) is 0 Å². The summed E-state index contributed by atoms with van der Waals surface area (Å²) in [6.07, 6.45) is 0.516. The standard InChI is InChI=1S/C9H14O2S2/c1-4-6(8(10)12)7(5(2)3)9(11)13/h5H,4H2,1-3H3,(H,10,12)(H,11,13). The molecule has 2 nitrogen and oxygen atoms in total. The summed E-state index contributed by atoms with van der Waals surface area (Å²) in [5, 5.41) is -0.678. The highest BCUT2D eigenvalue weighted by atomic mass is 32.1. The van der Waals surface area contributed by atoms with Crippen molar-refractivity contribution >= 4 is 35.5 Å². The van der Waals surface area contributed by atoms with Gasteiger partial charge in [-0.2, -0.15) is 0 Å². The average molecular weight is 218 g/mol. The van der Waals surface area contributed by atoms with E-state index in [0.29, 0.717) is 17.6 Å². The molecule has 0 bridgehead atoms. The molecule has 74 valence electrons. The molecule has 0 heterocycles. The molecule has 0 N–H and O–H groups in total. The van der Waals surface area contributed by atoms with Gasteiger partial charge in [-0.05, 0) is 12.3 Å². The van der Waals surface area contributed by atoms with E-state index in [4.69, 9.17) is 0 Å². The van der Waals surface area contributed by atoms with Gasteiger partial charge in [-0.1, -0.05) is 20.8 Å². The summed E-state index contributed by atoms with van der Waals surface area (Å²) < 4.78 is 0. The molecule has 0 aromatic rings. The molecule has 0 saturated carbocycles. The molecule has 0 rings (SSSR count). The highest BCUT2D eigenvalue weighted by molar-refractivity contribution is 7.97. The second-order valence-corrected chi connectivity index (χ2v) is 3.82. The molecule has 0 amide bonds. The molecule has 0 unspecified atom stereocenters. The van der Waals surface area contributed by atoms with Gasteiger partial charge in [-0.15, -0.1) is 25.3 Å². The van der Waals surface area contributed by atoms with Gasteiger partial charge in [0.1, 0.15) is 0 Å². The van der Waals surface area contributed by atoms with Crippen molar-refractivity contribution in [2.75, 3.05) is 0 Å². The van der Waals surface area contributed by atoms with Crippen LogP contribution in [0.3, 0.4) is 0 Å². The van der Waals surface area contributed by atoms with Gasteiger partial charge in [-0.3, -0.25) is 9.59 Å². The lowest BCUT2D eigenvalue weighted by Gasteiger charge is -2.11. The summed E-state index contributed by atoms with van der Waals surface area (Å²) in [6, 6.07) is 0. The maximum atomic E-state index is 11.1. The number of hydrogen-bond donors (Lipinski definition) is 2. The third-order valence-corrected chi connectivity index (χ3v) is 2.26. The minimum absolute atomic E-state index is 0.0102. The molecule has 0 aliphatic heterocycles. The van der Waals surface area contributed by atoms with E-state index in [-0.39, 0.29) is 16.1 Å². The zero-order valence-corrected chi connectivity index (χ0v) is 9.78. The Morgan fingerprint density at radius 2 is 1.62 bits per heavy atom. The Labute approximate surface area is 89.6 Å². The number of carbonyl (C=O) groups is 2. The molecule has 0 spiro atoms. The van der Waals surface area contributed by atoms with Crippen LogP contribution >= 0.6 is 25.3 Å². The van der Waals surface area contributed by atoms with E-state index in [1.165, 1.54) is 0 Å². The van der Waals surface area contributed by atoms with Crippen LogP contribution in [0.5, 0.6) is 0 Å². The van der Waals surface area contributed by atoms with Crippen molar-refractivity contribution in [2.24, 2.45) is 5.92 Å². The van der Waals surface area contributed by atoms with Crippen molar-refractivity contribution in [3.8, 4) is 0 Å². The fourth-order valence-electron chi connectivity index (χ4n) is 1.18. The van der Waals surface area contributed by atoms with Gasteiger partial charge in [0.2, 0.25) is 10.2 Å². The molecule has 0 fully saturated rings. The quantitative estimate of drug-likeness (QED) is 0.560. The number of hydrogen-bond acceptors (Lipinski definition) is 2. The van der Waals surface area contributed by atoms with Gasteiger partial charge < -0.3 is 0 Å². The molecule has 4 heteroatoms. The first kappa shape index (κ1) is 12.8. The lowest BCUT2D eigenvalue weighted by Crippen LogP contribution is -2.09. The lowest BCUT2D eigenvalue weighted by atomic mass is 9.97. The first-order valence-electron chi connectivity index (χ1n) is 4.11. The molecular weight excluding hydrogens is 204 g/mol. The van der Waals surface area contributed by atoms with Crippen LogP contribution in [0.2, 0.25) is 0 Å². The van der Waals surface area contributed by atoms with Crippen LogP contribution in [0.1, 0.15) is 27.2 Å². The van der Waals surface area contributed by atoms with E-state index in [0.717, 1.165) is 0 Å². The van der Waals surface area contributed by atoms with E-state index in [1.54, 1.807) is 0 Å². The summed E-state index contributed by atoms with van der Waals surface area (Å²) in [4.78, 5) is 22.2. The van der Waals surface area contributed by atoms with Crippen molar-refractivity contribution in [1.82, 2.24) is 0 Å². The van der Waals surface area contributed by atoms with E-state index in [1.807, 2.05) is 20.8 Å². The smallest absolute Gasteiger partial charge is 0.212 e. The predicted octanol–water partition coefficient (Wildman–Crippen LogP) is 2.26. The fourth-order valence-corrected chi connectivity index (χ4v) is 1.85. The molecule has 0 aromatic carbocycles. The molecule has 0 aliphatic rings. The summed E-state index contributed by atoms with van der Waals surface area (Å²) in [5.74, 6) is 0.0102. The zero-order valence-electron chi connectivity index (χ0n) is 8.00. The second kappa shape index (κ2) is 5.50. The first-order chi connectivity index (χ1) is 5.91. The summed E-state index contributed by atoms with van der Waals surface area (Å²) in [5.41, 5.74) is 0.948. The second-order valence-electron chi connectivity index (χ2n) is 3.01. The Hall–Kier alpha value is -0.220. The maximum absolute atomic E-state index is 11.1. The van der Waals surface area contributed by atoms with Gasteiger partial charge in [0.05, 0.1) is 0 Å². The molecule has 0 radical (unpaired) electrons. The Morgan fingerprint density at radius 1 is 1.15 bits per heavy atom. The minimum atomic E-state index is -0.339. The van der Waals surface area contributed by atoms with Crippen molar-refractivity contribution < 1.29 is 9.59 Å². The summed E-state index contributed by atoms with van der Waals surface area (Å²) in [7, 11) is 0. The van der Waals surface area contributed by atoms with E-state index in [9.17, 15) is 9.59 Å². The Bertz CT molecular complexity index is 254. The van der Waals surface area contributed by atoms with Crippen molar-refractivity contribution in [3.05, 3.63) is 11.1 Å². The van der Waals surface area contributed by atoms with Crippen molar-refractivity contribution in [1.29, 1.82) is 0 Å². The zero-order chi connectivity index (χ0) is 10.6. The van der Waals surface area contributed by atoms with Gasteiger partial charge in [0, 0.05) is 11.1 Å². The summed E-state index contributed by atoms with van der Waals surface area (Å²) in [6.45, 7) is 5.54. The van der Waals surface area contributed by atoms with Crippen molar-refractivity contribution in [2.45, 2.75) is 27.2 Å². The SMILES string of the molecule is CCC(C(=O)S)=C(C(=O)S)C(C)C. The minimum Gasteiger partial charge on any atom is -0.282 e. The third-order valence-electron chi connectivity index (χ3n) is 1.74. The normalized spacial score (nSPS) is 12.8. The number of carbonyl (C=O) groups excluding carboxylic acids is 2. The number of rotatable bonds is 4. The largest absolute Gasteiger partial charge is 0.282 e. The molecule has 0 atom stereocenters. The molecule has 0 saturated heterocycles. The maximum Gasteiger partial charge on any atom is 0.212 e. The highest BCUT2D eigenvalue weighted by Crippen LogP contribution is 2.21. The molecule has 13 heavy (non-hydrogen) atoms. The van der Waals surface area contributed by atoms with Crippen LogP contribution in [0.15, 0.2) is 11.1 Å². The van der Waals surface area contributed by atoms with Crippen LogP contribution in [-0.2, 0) is 9.59 Å². The van der Waals surface area contributed by atoms with Crippen molar-refractivity contribution in [3.63, 3.8) is 0 Å². The Morgan fingerprint density at radius 3 is 1.69 bits per heavy atom. The van der Waals surface area contributed by atoms with Gasteiger partial charge in [-0.25, -0.2) is 0 Å². The van der Waals surface area contributed by atoms with Crippen LogP contribution < -0.4 is 0 Å². The van der Waals surface area contributed by atoms with E-state index >= 15 is 0 Å². The average Bonchev–Trinajstić information content (AvgIpc) is 1.97. The van der Waals surface area contributed by atoms with Gasteiger partial charge in [0.25, 0.3) is 0 Å². The van der Waals surface area contributed by atoms with E-state index < -0.39 is 0 Å². The Kier molecular flexibility index (Phi) is 5.40. The van der Waals surface area contributed by atoms with Gasteiger partial charge in [0.15, 0.2) is 0 Å². The Balaban J connectivity index is 5.26. The lowest BCUT2D eigenvalue weighted by molar-refractivity contribution is -0.110. The third kappa shape index (κ3) is 3.56. The molecule has 0 aromatic heterocycles. The van der Waals surface area contributed by atoms with Crippen LogP contribution in [-0.4, -0.2) is 10.2 Å². The molecular formula is C9H14O2S2. The topological polar surface area (TPSA) is 34.1 Å².